The second kappa shape index (κ2) is 45.5. The molecule has 0 spiro atoms. The van der Waals surface area contributed by atoms with E-state index in [4.69, 9.17) is 9.47 Å². The minimum absolute atomic E-state index is 0.175. The fourth-order valence-corrected chi connectivity index (χ4v) is 8.86. The Balaban J connectivity index is 2.09. The number of rotatable bonds is 47. The second-order valence-electron chi connectivity index (χ2n) is 19.4. The maximum atomic E-state index is 13.0. The maximum absolute atomic E-state index is 13.0. The first-order valence-corrected chi connectivity index (χ1v) is 27.6. The first-order chi connectivity index (χ1) is 31.3. The van der Waals surface area contributed by atoms with Gasteiger partial charge >= 0.3 is 0 Å². The lowest BCUT2D eigenvalue weighted by Crippen LogP contribution is -2.60. The third-order valence-corrected chi connectivity index (χ3v) is 13.3. The second-order valence-corrected chi connectivity index (χ2v) is 19.4. The number of carbonyl (C=O) groups excluding carboxylic acids is 1. The standard InChI is InChI=1S/C55H105NO8/c1-3-5-7-9-11-13-15-16-17-18-19-20-21-22-23-24-25-26-27-28-29-30-31-32-33-34-35-37-39-41-43-45-51(59)56-48(47-63-55-54(62)53(61)52(60)50(46-57)64-55)49(58)44-42-40-38-36-14-12-10-8-6-4-2/h18-19,42,44,48-50,52-55,57-58,60-62H,3-17,20-41,43,45-47H2,1-2H3,(H,56,59)/b19-18-,44-42+. The molecule has 0 radical (unpaired) electrons. The Morgan fingerprint density at radius 2 is 0.875 bits per heavy atom. The fraction of sp³-hybridized carbons (Fsp3) is 0.909. The van der Waals surface area contributed by atoms with Crippen LogP contribution in [0.5, 0.6) is 0 Å². The molecule has 0 aromatic carbocycles. The van der Waals surface area contributed by atoms with E-state index in [0.29, 0.717) is 6.42 Å². The van der Waals surface area contributed by atoms with E-state index in [1.54, 1.807) is 6.08 Å². The van der Waals surface area contributed by atoms with Crippen LogP contribution in [-0.4, -0.2) is 87.5 Å². The molecule has 1 aliphatic heterocycles. The zero-order valence-corrected chi connectivity index (χ0v) is 41.8. The summed E-state index contributed by atoms with van der Waals surface area (Å²) < 4.78 is 11.2. The largest absolute Gasteiger partial charge is 0.394 e. The van der Waals surface area contributed by atoms with Gasteiger partial charge in [0.1, 0.15) is 24.4 Å². The van der Waals surface area contributed by atoms with Gasteiger partial charge in [-0.15, -0.1) is 0 Å². The van der Waals surface area contributed by atoms with Gasteiger partial charge in [-0.3, -0.25) is 4.79 Å². The van der Waals surface area contributed by atoms with Crippen LogP contribution in [0.25, 0.3) is 0 Å². The van der Waals surface area contributed by atoms with Gasteiger partial charge in [-0.25, -0.2) is 0 Å². The van der Waals surface area contributed by atoms with Crippen LogP contribution >= 0.6 is 0 Å². The summed E-state index contributed by atoms with van der Waals surface area (Å²) in [6.07, 6.45) is 49.8. The molecule has 0 saturated carbocycles. The summed E-state index contributed by atoms with van der Waals surface area (Å²) in [4.78, 5) is 13.0. The zero-order chi connectivity index (χ0) is 46.6. The van der Waals surface area contributed by atoms with Gasteiger partial charge in [0.05, 0.1) is 25.4 Å². The first kappa shape index (κ1) is 60.7. The lowest BCUT2D eigenvalue weighted by Gasteiger charge is -2.40. The van der Waals surface area contributed by atoms with Crippen molar-refractivity contribution in [2.75, 3.05) is 13.2 Å². The summed E-state index contributed by atoms with van der Waals surface area (Å²) >= 11 is 0. The van der Waals surface area contributed by atoms with Gasteiger partial charge in [0.25, 0.3) is 0 Å². The Labute approximate surface area is 394 Å². The van der Waals surface area contributed by atoms with Gasteiger partial charge in [-0.2, -0.15) is 0 Å². The molecule has 1 amide bonds. The Kier molecular flexibility index (Phi) is 43.1. The van der Waals surface area contributed by atoms with Crippen molar-refractivity contribution in [3.05, 3.63) is 24.3 Å². The van der Waals surface area contributed by atoms with Crippen molar-refractivity contribution in [1.82, 2.24) is 5.32 Å². The molecular formula is C55H105NO8. The molecule has 0 bridgehead atoms. The summed E-state index contributed by atoms with van der Waals surface area (Å²) in [6.45, 7) is 3.77. The van der Waals surface area contributed by atoms with Gasteiger partial charge < -0.3 is 40.3 Å². The average molecular weight is 908 g/mol. The molecule has 0 aromatic heterocycles. The van der Waals surface area contributed by atoms with Crippen LogP contribution in [0, 0.1) is 0 Å². The number of aliphatic hydroxyl groups excluding tert-OH is 5. The normalized spacial score (nSPS) is 20.1. The number of allylic oxidation sites excluding steroid dienone is 3. The van der Waals surface area contributed by atoms with E-state index in [0.717, 1.165) is 38.5 Å². The summed E-state index contributed by atoms with van der Waals surface area (Å²) in [5.41, 5.74) is 0. The highest BCUT2D eigenvalue weighted by molar-refractivity contribution is 5.76. The third-order valence-electron chi connectivity index (χ3n) is 13.3. The van der Waals surface area contributed by atoms with Crippen molar-refractivity contribution in [2.45, 2.75) is 307 Å². The minimum atomic E-state index is -1.56. The van der Waals surface area contributed by atoms with E-state index in [2.05, 4.69) is 31.3 Å². The number of ether oxygens (including phenoxy) is 2. The van der Waals surface area contributed by atoms with Gasteiger partial charge in [0.15, 0.2) is 6.29 Å². The van der Waals surface area contributed by atoms with Crippen molar-refractivity contribution in [1.29, 1.82) is 0 Å². The maximum Gasteiger partial charge on any atom is 0.220 e. The molecule has 378 valence electrons. The lowest BCUT2D eigenvalue weighted by atomic mass is 9.99. The van der Waals surface area contributed by atoms with Crippen LogP contribution in [0.4, 0.5) is 0 Å². The quantitative estimate of drug-likeness (QED) is 0.0261. The molecule has 9 nitrogen and oxygen atoms in total. The zero-order valence-electron chi connectivity index (χ0n) is 41.8. The number of aliphatic hydroxyl groups is 5. The predicted octanol–water partition coefficient (Wildman–Crippen LogP) is 13.0. The molecule has 64 heavy (non-hydrogen) atoms. The summed E-state index contributed by atoms with van der Waals surface area (Å²) in [7, 11) is 0. The molecule has 1 fully saturated rings. The number of amides is 1. The Hall–Kier alpha value is -1.33. The summed E-state index contributed by atoms with van der Waals surface area (Å²) in [5, 5.41) is 54.2. The molecule has 1 saturated heterocycles. The SMILES string of the molecule is CCCCCCCCCC/C=C\CCCCCCCCCCCCCCCCCCCCCC(=O)NC(COC1OC(CO)C(O)C(O)C1O)C(O)/C=C/CCCCCCCCCC. The van der Waals surface area contributed by atoms with E-state index >= 15 is 0 Å². The minimum Gasteiger partial charge on any atom is -0.394 e. The molecule has 1 heterocycles. The fourth-order valence-electron chi connectivity index (χ4n) is 8.86. The Morgan fingerprint density at radius 1 is 0.516 bits per heavy atom. The molecule has 7 atom stereocenters. The molecule has 1 aliphatic rings. The number of hydrogen-bond acceptors (Lipinski definition) is 8. The Bertz CT molecular complexity index is 1060. The summed E-state index contributed by atoms with van der Waals surface area (Å²) in [6, 6.07) is -0.800. The van der Waals surface area contributed by atoms with E-state index in [1.165, 1.54) is 205 Å². The van der Waals surface area contributed by atoms with Crippen molar-refractivity contribution in [2.24, 2.45) is 0 Å². The Morgan fingerprint density at radius 3 is 1.27 bits per heavy atom. The lowest BCUT2D eigenvalue weighted by molar-refractivity contribution is -0.302. The molecule has 0 aromatic rings. The molecule has 7 unspecified atom stereocenters. The molecule has 6 N–H and O–H groups in total. The van der Waals surface area contributed by atoms with E-state index in [-0.39, 0.29) is 12.5 Å². The summed E-state index contributed by atoms with van der Waals surface area (Å²) in [5.74, 6) is -0.175. The monoisotopic (exact) mass is 908 g/mol. The van der Waals surface area contributed by atoms with Gasteiger partial charge in [-0.1, -0.05) is 237 Å². The van der Waals surface area contributed by atoms with Gasteiger partial charge in [0.2, 0.25) is 5.91 Å². The van der Waals surface area contributed by atoms with Crippen LogP contribution in [0.1, 0.15) is 264 Å². The van der Waals surface area contributed by atoms with Crippen molar-refractivity contribution in [3.63, 3.8) is 0 Å². The van der Waals surface area contributed by atoms with Crippen LogP contribution < -0.4 is 5.32 Å². The predicted molar refractivity (Wildman–Crippen MR) is 267 cm³/mol. The number of hydrogen-bond donors (Lipinski definition) is 6. The van der Waals surface area contributed by atoms with Gasteiger partial charge in [0, 0.05) is 6.42 Å². The molecule has 0 aliphatic carbocycles. The van der Waals surface area contributed by atoms with Crippen LogP contribution in [0.2, 0.25) is 0 Å². The van der Waals surface area contributed by atoms with Crippen molar-refractivity contribution < 1.29 is 39.8 Å². The van der Waals surface area contributed by atoms with Crippen LogP contribution in [0.3, 0.4) is 0 Å². The smallest absolute Gasteiger partial charge is 0.220 e. The topological polar surface area (TPSA) is 149 Å². The van der Waals surface area contributed by atoms with Crippen LogP contribution in [-0.2, 0) is 14.3 Å². The van der Waals surface area contributed by atoms with Gasteiger partial charge in [-0.05, 0) is 44.9 Å². The molecule has 1 rings (SSSR count). The first-order valence-electron chi connectivity index (χ1n) is 27.6. The van der Waals surface area contributed by atoms with E-state index in [9.17, 15) is 30.3 Å². The van der Waals surface area contributed by atoms with E-state index < -0.39 is 49.5 Å². The highest BCUT2D eigenvalue weighted by Gasteiger charge is 2.44. The number of nitrogens with one attached hydrogen (secondary N) is 1. The highest BCUT2D eigenvalue weighted by atomic mass is 16.7. The molecular weight excluding hydrogens is 803 g/mol. The van der Waals surface area contributed by atoms with E-state index in [1.807, 2.05) is 6.08 Å². The third kappa shape index (κ3) is 34.9. The molecule has 9 heteroatoms. The van der Waals surface area contributed by atoms with Crippen molar-refractivity contribution >= 4 is 5.91 Å². The highest BCUT2D eigenvalue weighted by Crippen LogP contribution is 2.23. The van der Waals surface area contributed by atoms with Crippen molar-refractivity contribution in [3.8, 4) is 0 Å². The van der Waals surface area contributed by atoms with Crippen LogP contribution in [0.15, 0.2) is 24.3 Å². The number of carbonyl (C=O) groups is 1. The number of unbranched alkanes of at least 4 members (excludes halogenated alkanes) is 35. The average Bonchev–Trinajstić information content (AvgIpc) is 3.29.